The molecule has 0 unspecified atom stereocenters. The van der Waals surface area contributed by atoms with Gasteiger partial charge in [0.05, 0.1) is 6.04 Å². The number of rotatable bonds is 5. The van der Waals surface area contributed by atoms with Crippen LogP contribution in [0.3, 0.4) is 0 Å². The number of nitrogens with zero attached hydrogens (tertiary/aromatic N) is 3. The van der Waals surface area contributed by atoms with Gasteiger partial charge in [0.15, 0.2) is 0 Å². The van der Waals surface area contributed by atoms with Crippen molar-refractivity contribution < 1.29 is 4.79 Å². The third-order valence-corrected chi connectivity index (χ3v) is 5.97. The Labute approximate surface area is 163 Å². The van der Waals surface area contributed by atoms with Crippen LogP contribution >= 0.6 is 11.6 Å². The van der Waals surface area contributed by atoms with E-state index in [2.05, 4.69) is 17.3 Å². The molecule has 2 aliphatic rings. The molecule has 2 aromatic rings. The van der Waals surface area contributed by atoms with Gasteiger partial charge in [-0.3, -0.25) is 9.36 Å². The van der Waals surface area contributed by atoms with E-state index in [1.54, 1.807) is 4.57 Å². The molecule has 3 atom stereocenters. The Bertz CT molecular complexity index is 886. The van der Waals surface area contributed by atoms with Crippen molar-refractivity contribution in [3.8, 4) is 0 Å². The standard InChI is InChI=1S/C20H25ClN4O2/c1-13-11-16(13)19(14-6-8-15(21)9-7-14)22-18(26)12-25-20(27)24-10-4-2-3-5-17(24)23-25/h6-9,13,16,19H,2-5,10-12H2,1H3,(H,22,26)/t13-,16-,19-/m1/s1. The lowest BCUT2D eigenvalue weighted by molar-refractivity contribution is -0.122. The third-order valence-electron chi connectivity index (χ3n) is 5.72. The van der Waals surface area contributed by atoms with E-state index in [9.17, 15) is 9.59 Å². The number of aryl methyl sites for hydroxylation is 1. The van der Waals surface area contributed by atoms with E-state index < -0.39 is 0 Å². The van der Waals surface area contributed by atoms with E-state index in [0.717, 1.165) is 43.5 Å². The summed E-state index contributed by atoms with van der Waals surface area (Å²) < 4.78 is 3.03. The smallest absolute Gasteiger partial charge is 0.346 e. The van der Waals surface area contributed by atoms with Crippen molar-refractivity contribution in [1.82, 2.24) is 19.7 Å². The second kappa shape index (κ2) is 7.50. The Hall–Kier alpha value is -2.08. The van der Waals surface area contributed by atoms with Crippen molar-refractivity contribution in [1.29, 1.82) is 0 Å². The summed E-state index contributed by atoms with van der Waals surface area (Å²) in [6.45, 7) is 2.85. The van der Waals surface area contributed by atoms with E-state index in [4.69, 9.17) is 11.6 Å². The third kappa shape index (κ3) is 3.95. The minimum absolute atomic E-state index is 0.0377. The molecule has 1 N–H and O–H groups in total. The Kier molecular flexibility index (Phi) is 5.08. The summed E-state index contributed by atoms with van der Waals surface area (Å²) in [5.74, 6) is 1.63. The molecule has 1 aliphatic carbocycles. The first-order valence-corrected chi connectivity index (χ1v) is 10.1. The highest BCUT2D eigenvalue weighted by Crippen LogP contribution is 2.47. The van der Waals surface area contributed by atoms with Crippen LogP contribution in [0.1, 0.15) is 50.0 Å². The van der Waals surface area contributed by atoms with Gasteiger partial charge in [0.25, 0.3) is 0 Å². The van der Waals surface area contributed by atoms with Crippen molar-refractivity contribution >= 4 is 17.5 Å². The predicted octanol–water partition coefficient (Wildman–Crippen LogP) is 2.94. The number of fused-ring (bicyclic) bond motifs is 1. The maximum Gasteiger partial charge on any atom is 0.346 e. The van der Waals surface area contributed by atoms with Crippen molar-refractivity contribution in [3.05, 3.63) is 51.2 Å². The number of hydrogen-bond donors (Lipinski definition) is 1. The Balaban J connectivity index is 1.49. The first kappa shape index (κ1) is 18.3. The number of carbonyl (C=O) groups is 1. The molecule has 0 bridgehead atoms. The molecule has 1 aromatic carbocycles. The van der Waals surface area contributed by atoms with Crippen LogP contribution in [0.2, 0.25) is 5.02 Å². The van der Waals surface area contributed by atoms with Crippen LogP contribution < -0.4 is 11.0 Å². The normalized spacial score (nSPS) is 22.6. The topological polar surface area (TPSA) is 68.9 Å². The fourth-order valence-electron chi connectivity index (χ4n) is 4.01. The number of halogens is 1. The van der Waals surface area contributed by atoms with Crippen molar-refractivity contribution in [2.24, 2.45) is 11.8 Å². The van der Waals surface area contributed by atoms with Crippen LogP contribution in [0.25, 0.3) is 0 Å². The fourth-order valence-corrected chi connectivity index (χ4v) is 4.13. The average Bonchev–Trinajstić information content (AvgIpc) is 3.36. The zero-order valence-corrected chi connectivity index (χ0v) is 16.3. The zero-order chi connectivity index (χ0) is 19.0. The lowest BCUT2D eigenvalue weighted by Gasteiger charge is -2.19. The number of nitrogens with one attached hydrogen (secondary N) is 1. The highest BCUT2D eigenvalue weighted by atomic mass is 35.5. The SMILES string of the molecule is C[C@@H]1C[C@H]1[C@H](NC(=O)Cn1nc2n(c1=O)CCCCC2)c1ccc(Cl)cc1. The summed E-state index contributed by atoms with van der Waals surface area (Å²) in [6.07, 6.45) is 5.04. The molecule has 0 spiro atoms. The maximum atomic E-state index is 12.7. The van der Waals surface area contributed by atoms with Crippen LogP contribution in [0, 0.1) is 11.8 Å². The van der Waals surface area contributed by atoms with Crippen LogP contribution in [-0.4, -0.2) is 20.3 Å². The summed E-state index contributed by atoms with van der Waals surface area (Å²) in [4.78, 5) is 25.3. The van der Waals surface area contributed by atoms with Gasteiger partial charge in [0.2, 0.25) is 5.91 Å². The number of benzene rings is 1. The van der Waals surface area contributed by atoms with Crippen LogP contribution in [-0.2, 0) is 24.3 Å². The van der Waals surface area contributed by atoms with Crippen molar-refractivity contribution in [2.45, 2.75) is 58.2 Å². The quantitative estimate of drug-likeness (QED) is 0.856. The molecule has 144 valence electrons. The number of aromatic nitrogens is 3. The van der Waals surface area contributed by atoms with E-state index >= 15 is 0 Å². The summed E-state index contributed by atoms with van der Waals surface area (Å²) in [5, 5.41) is 8.21. The summed E-state index contributed by atoms with van der Waals surface area (Å²) >= 11 is 6.00. The largest absolute Gasteiger partial charge is 0.347 e. The van der Waals surface area contributed by atoms with Gasteiger partial charge in [-0.2, -0.15) is 5.10 Å². The first-order valence-electron chi connectivity index (χ1n) is 9.74. The number of amides is 1. The van der Waals surface area contributed by atoms with Gasteiger partial charge < -0.3 is 5.32 Å². The minimum atomic E-state index is -0.176. The molecular weight excluding hydrogens is 364 g/mol. The molecule has 0 radical (unpaired) electrons. The molecule has 27 heavy (non-hydrogen) atoms. The van der Waals surface area contributed by atoms with Gasteiger partial charge in [-0.15, -0.1) is 0 Å². The van der Waals surface area contributed by atoms with Gasteiger partial charge in [0, 0.05) is 18.0 Å². The van der Waals surface area contributed by atoms with Crippen molar-refractivity contribution in [2.75, 3.05) is 0 Å². The van der Waals surface area contributed by atoms with Gasteiger partial charge in [-0.1, -0.05) is 37.1 Å². The van der Waals surface area contributed by atoms with Gasteiger partial charge in [-0.25, -0.2) is 9.48 Å². The lowest BCUT2D eigenvalue weighted by atomic mass is 10.0. The molecule has 1 fully saturated rings. The summed E-state index contributed by atoms with van der Waals surface area (Å²) in [7, 11) is 0. The van der Waals surface area contributed by atoms with Crippen LogP contribution in [0.15, 0.2) is 29.1 Å². The van der Waals surface area contributed by atoms with E-state index in [-0.39, 0.29) is 24.2 Å². The molecular formula is C20H25ClN4O2. The Morgan fingerprint density at radius 1 is 1.30 bits per heavy atom. The highest BCUT2D eigenvalue weighted by Gasteiger charge is 2.41. The zero-order valence-electron chi connectivity index (χ0n) is 15.5. The lowest BCUT2D eigenvalue weighted by Crippen LogP contribution is -2.36. The second-order valence-corrected chi connectivity index (χ2v) is 8.23. The predicted molar refractivity (Wildman–Crippen MR) is 104 cm³/mol. The van der Waals surface area contributed by atoms with Crippen LogP contribution in [0.4, 0.5) is 0 Å². The fraction of sp³-hybridized carbons (Fsp3) is 0.550. The molecule has 1 amide bonds. The molecule has 7 heteroatoms. The van der Waals surface area contributed by atoms with Gasteiger partial charge in [-0.05, 0) is 48.8 Å². The molecule has 6 nitrogen and oxygen atoms in total. The van der Waals surface area contributed by atoms with Gasteiger partial charge >= 0.3 is 5.69 Å². The minimum Gasteiger partial charge on any atom is -0.347 e. The second-order valence-electron chi connectivity index (χ2n) is 7.79. The molecule has 0 saturated heterocycles. The molecule has 4 rings (SSSR count). The number of hydrogen-bond acceptors (Lipinski definition) is 3. The van der Waals surface area contributed by atoms with E-state index in [1.165, 1.54) is 4.68 Å². The van der Waals surface area contributed by atoms with E-state index in [1.807, 2.05) is 24.3 Å². The molecule has 1 saturated carbocycles. The number of carbonyl (C=O) groups excluding carboxylic acids is 1. The molecule has 1 aromatic heterocycles. The monoisotopic (exact) mass is 388 g/mol. The summed E-state index contributed by atoms with van der Waals surface area (Å²) in [5.41, 5.74) is 0.875. The Morgan fingerprint density at radius 3 is 2.74 bits per heavy atom. The maximum absolute atomic E-state index is 12.7. The molecule has 1 aliphatic heterocycles. The van der Waals surface area contributed by atoms with E-state index in [0.29, 0.717) is 23.4 Å². The first-order chi connectivity index (χ1) is 13.0. The van der Waals surface area contributed by atoms with Crippen LogP contribution in [0.5, 0.6) is 0 Å². The summed E-state index contributed by atoms with van der Waals surface area (Å²) in [6, 6.07) is 7.56. The van der Waals surface area contributed by atoms with Gasteiger partial charge in [0.1, 0.15) is 12.4 Å². The molecule has 2 heterocycles. The Morgan fingerprint density at radius 2 is 2.04 bits per heavy atom. The average molecular weight is 389 g/mol. The van der Waals surface area contributed by atoms with Crippen molar-refractivity contribution in [3.63, 3.8) is 0 Å². The highest BCUT2D eigenvalue weighted by molar-refractivity contribution is 6.30.